The molecule has 0 saturated heterocycles. The first kappa shape index (κ1) is 21.4. The van der Waals surface area contributed by atoms with Crippen LogP contribution in [0.2, 0.25) is 0 Å². The summed E-state index contributed by atoms with van der Waals surface area (Å²) in [6.45, 7) is 1.96. The maximum Gasteiger partial charge on any atom is 0.416 e. The summed E-state index contributed by atoms with van der Waals surface area (Å²) in [6.07, 6.45) is -3.49. The molecule has 0 radical (unpaired) electrons. The average molecular weight is 449 g/mol. The molecule has 1 aliphatic heterocycles. The summed E-state index contributed by atoms with van der Waals surface area (Å²) in [6, 6.07) is 13.5. The van der Waals surface area contributed by atoms with E-state index in [0.29, 0.717) is 35.7 Å². The van der Waals surface area contributed by atoms with Crippen LogP contribution < -0.4 is 4.31 Å². The first-order valence-electron chi connectivity index (χ1n) is 9.67. The van der Waals surface area contributed by atoms with Gasteiger partial charge in [-0.3, -0.25) is 4.31 Å². The lowest BCUT2D eigenvalue weighted by molar-refractivity contribution is -0.137. The predicted octanol–water partition coefficient (Wildman–Crippen LogP) is 5.96. The lowest BCUT2D eigenvalue weighted by Crippen LogP contribution is -2.35. The predicted molar refractivity (Wildman–Crippen MR) is 111 cm³/mol. The zero-order chi connectivity index (χ0) is 22.4. The Morgan fingerprint density at radius 2 is 1.74 bits per heavy atom. The van der Waals surface area contributed by atoms with Crippen molar-refractivity contribution in [2.24, 2.45) is 0 Å². The number of aryl methyl sites for hydroxylation is 2. The topological polar surface area (TPSA) is 37.4 Å². The Morgan fingerprint density at radius 1 is 0.968 bits per heavy atom. The molecule has 3 aromatic rings. The second kappa shape index (κ2) is 7.67. The van der Waals surface area contributed by atoms with Gasteiger partial charge in [0.1, 0.15) is 5.82 Å². The van der Waals surface area contributed by atoms with E-state index in [2.05, 4.69) is 0 Å². The van der Waals surface area contributed by atoms with E-state index in [4.69, 9.17) is 0 Å². The van der Waals surface area contributed by atoms with Gasteiger partial charge in [0, 0.05) is 12.1 Å². The quantitative estimate of drug-likeness (QED) is 0.463. The van der Waals surface area contributed by atoms with E-state index in [0.717, 1.165) is 33.6 Å². The summed E-state index contributed by atoms with van der Waals surface area (Å²) in [5.74, 6) is -0.436. The number of hydrogen-bond acceptors (Lipinski definition) is 2. The van der Waals surface area contributed by atoms with Gasteiger partial charge in [-0.2, -0.15) is 13.2 Å². The molecule has 0 saturated carbocycles. The lowest BCUT2D eigenvalue weighted by atomic mass is 9.97. The van der Waals surface area contributed by atoms with Crippen molar-refractivity contribution < 1.29 is 26.0 Å². The van der Waals surface area contributed by atoms with Gasteiger partial charge in [0.2, 0.25) is 0 Å². The van der Waals surface area contributed by atoms with Gasteiger partial charge in [0.15, 0.2) is 0 Å². The Bertz CT molecular complexity index is 1250. The molecule has 0 unspecified atom stereocenters. The van der Waals surface area contributed by atoms with E-state index in [1.807, 2.05) is 6.92 Å². The summed E-state index contributed by atoms with van der Waals surface area (Å²) in [5.41, 5.74) is 1.78. The van der Waals surface area contributed by atoms with Gasteiger partial charge in [0.05, 0.1) is 16.1 Å². The summed E-state index contributed by atoms with van der Waals surface area (Å²) >= 11 is 0. The lowest BCUT2D eigenvalue weighted by Gasteiger charge is -2.31. The van der Waals surface area contributed by atoms with Crippen molar-refractivity contribution in [3.05, 3.63) is 83.2 Å². The molecule has 0 fully saturated rings. The van der Waals surface area contributed by atoms with Crippen molar-refractivity contribution in [3.8, 4) is 11.1 Å². The van der Waals surface area contributed by atoms with E-state index in [-0.39, 0.29) is 6.54 Å². The summed E-state index contributed by atoms with van der Waals surface area (Å²) in [5, 5.41) is 0. The summed E-state index contributed by atoms with van der Waals surface area (Å²) < 4.78 is 81.4. The van der Waals surface area contributed by atoms with Gasteiger partial charge >= 0.3 is 6.18 Å². The van der Waals surface area contributed by atoms with Gasteiger partial charge < -0.3 is 0 Å². The smallest absolute Gasteiger partial charge is 0.266 e. The van der Waals surface area contributed by atoms with Crippen LogP contribution in [0.4, 0.5) is 23.2 Å². The first-order valence-corrected chi connectivity index (χ1v) is 11.1. The number of fused-ring (bicyclic) bond motifs is 1. The standard InChI is InChI=1S/C23H19F4NO2S/c1-15-7-10-21(24)20(12-15)17-9-8-16-4-3-11-28(22(16)13-17)31(29,30)19-6-2-5-18(14-19)23(25,26)27/h2,5-10,12-14H,3-4,11H2,1H3. The Balaban J connectivity index is 1.82. The van der Waals surface area contributed by atoms with Gasteiger partial charge in [-0.25, -0.2) is 12.8 Å². The Labute approximate surface area is 178 Å². The number of benzene rings is 3. The van der Waals surface area contributed by atoms with Gasteiger partial charge in [-0.05, 0) is 67.3 Å². The van der Waals surface area contributed by atoms with Crippen LogP contribution in [-0.4, -0.2) is 15.0 Å². The Hall–Kier alpha value is -2.87. The number of anilines is 1. The van der Waals surface area contributed by atoms with Crippen LogP contribution in [0.3, 0.4) is 0 Å². The number of nitrogens with zero attached hydrogens (tertiary/aromatic N) is 1. The molecule has 3 aromatic carbocycles. The highest BCUT2D eigenvalue weighted by atomic mass is 32.2. The summed E-state index contributed by atoms with van der Waals surface area (Å²) in [4.78, 5) is -0.428. The van der Waals surface area contributed by atoms with Crippen LogP contribution in [0.5, 0.6) is 0 Å². The molecule has 8 heteroatoms. The second-order valence-corrected chi connectivity index (χ2v) is 9.40. The molecule has 1 heterocycles. The number of hydrogen-bond donors (Lipinski definition) is 0. The molecule has 0 bridgehead atoms. The molecule has 4 rings (SSSR count). The molecule has 0 N–H and O–H groups in total. The van der Waals surface area contributed by atoms with Crippen molar-refractivity contribution in [1.82, 2.24) is 0 Å². The number of alkyl halides is 3. The first-order chi connectivity index (χ1) is 14.6. The molecule has 0 amide bonds. The molecule has 0 aromatic heterocycles. The van der Waals surface area contributed by atoms with E-state index in [1.54, 1.807) is 30.3 Å². The van der Waals surface area contributed by atoms with Crippen LogP contribution in [0, 0.1) is 12.7 Å². The minimum Gasteiger partial charge on any atom is -0.266 e. The second-order valence-electron chi connectivity index (χ2n) is 7.53. The molecule has 0 atom stereocenters. The van der Waals surface area contributed by atoms with E-state index in [1.165, 1.54) is 6.07 Å². The number of rotatable bonds is 3. The average Bonchev–Trinajstić information content (AvgIpc) is 2.74. The molecular weight excluding hydrogens is 430 g/mol. The Morgan fingerprint density at radius 3 is 2.48 bits per heavy atom. The number of halogens is 4. The maximum atomic E-state index is 14.4. The van der Waals surface area contributed by atoms with Crippen molar-refractivity contribution in [3.63, 3.8) is 0 Å². The van der Waals surface area contributed by atoms with E-state index < -0.39 is 32.5 Å². The van der Waals surface area contributed by atoms with Crippen molar-refractivity contribution in [2.75, 3.05) is 10.8 Å². The van der Waals surface area contributed by atoms with Gasteiger partial charge in [0.25, 0.3) is 10.0 Å². The zero-order valence-corrected chi connectivity index (χ0v) is 17.4. The van der Waals surface area contributed by atoms with Crippen molar-refractivity contribution in [2.45, 2.75) is 30.8 Å². The highest BCUT2D eigenvalue weighted by Crippen LogP contribution is 2.37. The van der Waals surface area contributed by atoms with Crippen molar-refractivity contribution >= 4 is 15.7 Å². The van der Waals surface area contributed by atoms with Crippen LogP contribution in [-0.2, 0) is 22.6 Å². The molecule has 0 spiro atoms. The highest BCUT2D eigenvalue weighted by molar-refractivity contribution is 7.92. The fraction of sp³-hybridized carbons (Fsp3) is 0.217. The van der Waals surface area contributed by atoms with Crippen molar-refractivity contribution in [1.29, 1.82) is 0 Å². The monoisotopic (exact) mass is 449 g/mol. The maximum absolute atomic E-state index is 14.4. The van der Waals surface area contributed by atoms with Crippen LogP contribution in [0.15, 0.2) is 65.6 Å². The fourth-order valence-electron chi connectivity index (χ4n) is 3.78. The SMILES string of the molecule is Cc1ccc(F)c(-c2ccc3c(c2)N(S(=O)(=O)c2cccc(C(F)(F)F)c2)CCC3)c1. The van der Waals surface area contributed by atoms with Crippen LogP contribution >= 0.6 is 0 Å². The molecule has 3 nitrogen and oxygen atoms in total. The third-order valence-electron chi connectivity index (χ3n) is 5.34. The van der Waals surface area contributed by atoms with Crippen LogP contribution in [0.1, 0.15) is 23.1 Å². The molecule has 0 aliphatic carbocycles. The van der Waals surface area contributed by atoms with Gasteiger partial charge in [-0.15, -0.1) is 0 Å². The fourth-order valence-corrected chi connectivity index (χ4v) is 5.36. The largest absolute Gasteiger partial charge is 0.416 e. The van der Waals surface area contributed by atoms with Gasteiger partial charge in [-0.1, -0.05) is 29.8 Å². The van der Waals surface area contributed by atoms with E-state index >= 15 is 0 Å². The number of sulfonamides is 1. The van der Waals surface area contributed by atoms with E-state index in [9.17, 15) is 26.0 Å². The summed E-state index contributed by atoms with van der Waals surface area (Å²) in [7, 11) is -4.24. The molecule has 162 valence electrons. The normalized spacial score (nSPS) is 14.4. The van der Waals surface area contributed by atoms with Crippen LogP contribution in [0.25, 0.3) is 11.1 Å². The molecule has 1 aliphatic rings. The minimum absolute atomic E-state index is 0.130. The minimum atomic E-state index is -4.65. The zero-order valence-electron chi connectivity index (χ0n) is 16.6. The molecule has 31 heavy (non-hydrogen) atoms. The molecular formula is C23H19F4NO2S. The highest BCUT2D eigenvalue weighted by Gasteiger charge is 2.34. The third-order valence-corrected chi connectivity index (χ3v) is 7.15. The third kappa shape index (κ3) is 4.04. The Kier molecular flexibility index (Phi) is 5.29.